The number of nitro benzene ring substituents is 1. The molecule has 4 atom stereocenters. The highest BCUT2D eigenvalue weighted by Crippen LogP contribution is 2.46. The molecule has 3 heterocycles. The number of fused-ring (bicyclic) bond motifs is 2. The first kappa shape index (κ1) is 24.7. The van der Waals surface area contributed by atoms with Crippen LogP contribution in [0.2, 0.25) is 0 Å². The molecule has 3 amide bonds. The summed E-state index contributed by atoms with van der Waals surface area (Å²) in [6.45, 7) is 1.29. The van der Waals surface area contributed by atoms with Crippen LogP contribution in [0.1, 0.15) is 33.2 Å². The largest absolute Gasteiger partial charge is 0.497 e. The van der Waals surface area contributed by atoms with E-state index in [9.17, 15) is 34.4 Å². The Balaban J connectivity index is 1.37. The van der Waals surface area contributed by atoms with E-state index in [-0.39, 0.29) is 23.5 Å². The summed E-state index contributed by atoms with van der Waals surface area (Å²) in [4.78, 5) is 65.0. The molecule has 3 aliphatic rings. The summed E-state index contributed by atoms with van der Waals surface area (Å²) in [5.41, 5.74) is -2.03. The number of carbonyl (C=O) groups is 4. The molecule has 0 aromatic heterocycles. The van der Waals surface area contributed by atoms with Gasteiger partial charge < -0.3 is 19.5 Å². The Morgan fingerprint density at radius 3 is 2.54 bits per heavy atom. The zero-order valence-corrected chi connectivity index (χ0v) is 20.5. The van der Waals surface area contributed by atoms with Gasteiger partial charge in [-0.05, 0) is 30.7 Å². The molecule has 2 fully saturated rings. The standard InChI is InChI=1S/C24H21N3O9S/c1-24(32)11-37-22-17(25-19(28)14-4-3-5-15(27(33)34)16(14)20(25)29)21(30)26(22)18(24)23(31)36-10-12-6-8-13(35-2)9-7-12/h3-9,17-18,22,32H,10-11H2,1-2H3/t17?,18?,22-,24+/m0/s1. The molecular weight excluding hydrogens is 506 g/mol. The molecule has 2 aromatic carbocycles. The van der Waals surface area contributed by atoms with Gasteiger partial charge in [0.15, 0.2) is 6.04 Å². The van der Waals surface area contributed by atoms with Crippen LogP contribution >= 0.6 is 11.8 Å². The van der Waals surface area contributed by atoms with Gasteiger partial charge in [-0.1, -0.05) is 18.2 Å². The van der Waals surface area contributed by atoms with Crippen LogP contribution < -0.4 is 4.74 Å². The topological polar surface area (TPSA) is 157 Å². The van der Waals surface area contributed by atoms with Gasteiger partial charge in [-0.15, -0.1) is 11.8 Å². The lowest BCUT2D eigenvalue weighted by atomic mass is 9.90. The second kappa shape index (κ2) is 8.85. The van der Waals surface area contributed by atoms with Crippen molar-refractivity contribution in [3.8, 4) is 5.75 Å². The number of carbonyl (C=O) groups excluding carboxylic acids is 4. The summed E-state index contributed by atoms with van der Waals surface area (Å²) >= 11 is 1.11. The Morgan fingerprint density at radius 2 is 1.89 bits per heavy atom. The highest BCUT2D eigenvalue weighted by atomic mass is 32.2. The molecule has 13 heteroatoms. The van der Waals surface area contributed by atoms with Crippen LogP contribution in [0.4, 0.5) is 5.69 Å². The number of hydrogen-bond acceptors (Lipinski definition) is 10. The number of hydrogen-bond donors (Lipinski definition) is 1. The van der Waals surface area contributed by atoms with Crippen molar-refractivity contribution in [2.45, 2.75) is 36.6 Å². The molecule has 37 heavy (non-hydrogen) atoms. The fraction of sp³-hybridized carbons (Fsp3) is 0.333. The summed E-state index contributed by atoms with van der Waals surface area (Å²) in [6.07, 6.45) is 0. The summed E-state index contributed by atoms with van der Waals surface area (Å²) in [5, 5.41) is 21.5. The maximum Gasteiger partial charge on any atom is 0.332 e. The minimum Gasteiger partial charge on any atom is -0.497 e. The summed E-state index contributed by atoms with van der Waals surface area (Å²) in [6, 6.07) is 7.86. The highest BCUT2D eigenvalue weighted by molar-refractivity contribution is 8.00. The Bertz CT molecular complexity index is 1340. The van der Waals surface area contributed by atoms with Gasteiger partial charge in [-0.3, -0.25) is 29.4 Å². The predicted molar refractivity (Wildman–Crippen MR) is 128 cm³/mol. The fourth-order valence-corrected chi connectivity index (χ4v) is 6.27. The molecule has 5 rings (SSSR count). The van der Waals surface area contributed by atoms with Crippen LogP contribution in [-0.4, -0.2) is 79.4 Å². The number of β-lactam (4-membered cyclic amide) rings is 1. The number of amides is 3. The van der Waals surface area contributed by atoms with Crippen molar-refractivity contribution in [1.82, 2.24) is 9.80 Å². The van der Waals surface area contributed by atoms with Crippen LogP contribution in [-0.2, 0) is 20.9 Å². The van der Waals surface area contributed by atoms with Crippen molar-refractivity contribution < 1.29 is 38.7 Å². The van der Waals surface area contributed by atoms with E-state index in [1.54, 1.807) is 24.3 Å². The molecule has 2 aromatic rings. The third kappa shape index (κ3) is 3.81. The monoisotopic (exact) mass is 527 g/mol. The number of esters is 1. The van der Waals surface area contributed by atoms with Crippen molar-refractivity contribution in [3.05, 3.63) is 69.3 Å². The van der Waals surface area contributed by atoms with Gasteiger partial charge in [0, 0.05) is 11.8 Å². The molecule has 0 bridgehead atoms. The van der Waals surface area contributed by atoms with E-state index in [0.29, 0.717) is 16.2 Å². The maximum absolute atomic E-state index is 13.3. The number of aliphatic hydroxyl groups is 1. The smallest absolute Gasteiger partial charge is 0.332 e. The lowest BCUT2D eigenvalue weighted by Crippen LogP contribution is -2.79. The SMILES string of the molecule is COc1ccc(COC(=O)C2N3C(=O)C(N4C(=O)c5cccc([N+](=O)[O-])c5C4=O)[C@@H]3SC[C@@]2(C)O)cc1. The number of rotatable bonds is 6. The molecule has 2 saturated heterocycles. The Hall–Kier alpha value is -3.97. The maximum atomic E-state index is 13.3. The van der Waals surface area contributed by atoms with Gasteiger partial charge in [0.2, 0.25) is 0 Å². The van der Waals surface area contributed by atoms with E-state index in [1.807, 2.05) is 0 Å². The van der Waals surface area contributed by atoms with E-state index < -0.39 is 57.4 Å². The van der Waals surface area contributed by atoms with Gasteiger partial charge in [0.05, 0.1) is 17.6 Å². The van der Waals surface area contributed by atoms with Gasteiger partial charge in [0.25, 0.3) is 23.4 Å². The van der Waals surface area contributed by atoms with E-state index in [4.69, 9.17) is 9.47 Å². The van der Waals surface area contributed by atoms with Gasteiger partial charge in [-0.2, -0.15) is 0 Å². The second-order valence-electron chi connectivity index (χ2n) is 9.04. The number of ether oxygens (including phenoxy) is 2. The normalized spacial score (nSPS) is 26.4. The van der Waals surface area contributed by atoms with Crippen LogP contribution in [0.25, 0.3) is 0 Å². The van der Waals surface area contributed by atoms with Crippen LogP contribution in [0.15, 0.2) is 42.5 Å². The zero-order valence-electron chi connectivity index (χ0n) is 19.7. The number of nitrogens with zero attached hydrogens (tertiary/aromatic N) is 3. The second-order valence-corrected chi connectivity index (χ2v) is 10.1. The van der Waals surface area contributed by atoms with Gasteiger partial charge in [-0.25, -0.2) is 4.79 Å². The Kier molecular flexibility index (Phi) is 5.91. The molecule has 0 saturated carbocycles. The average molecular weight is 528 g/mol. The molecule has 0 aliphatic carbocycles. The van der Waals surface area contributed by atoms with Crippen molar-refractivity contribution in [2.24, 2.45) is 0 Å². The van der Waals surface area contributed by atoms with E-state index in [1.165, 1.54) is 26.2 Å². The van der Waals surface area contributed by atoms with Crippen molar-refractivity contribution in [2.75, 3.05) is 12.9 Å². The zero-order chi connectivity index (χ0) is 26.6. The molecule has 1 N–H and O–H groups in total. The molecule has 0 radical (unpaired) electrons. The molecule has 192 valence electrons. The first-order chi connectivity index (χ1) is 17.6. The molecule has 12 nitrogen and oxygen atoms in total. The van der Waals surface area contributed by atoms with Crippen molar-refractivity contribution in [3.63, 3.8) is 0 Å². The summed E-state index contributed by atoms with van der Waals surface area (Å²) < 4.78 is 10.5. The number of thioether (sulfide) groups is 1. The van der Waals surface area contributed by atoms with Gasteiger partial charge in [0.1, 0.15) is 34.9 Å². The highest BCUT2D eigenvalue weighted by Gasteiger charge is 2.65. The number of nitro groups is 1. The lowest BCUT2D eigenvalue weighted by molar-refractivity contribution is -0.385. The molecule has 0 spiro atoms. The Labute approximate surface area is 214 Å². The number of imide groups is 1. The first-order valence-electron chi connectivity index (χ1n) is 11.2. The minimum absolute atomic E-state index is 0.0174. The van der Waals surface area contributed by atoms with E-state index in [0.717, 1.165) is 22.7 Å². The number of benzene rings is 2. The predicted octanol–water partition coefficient (Wildman–Crippen LogP) is 1.35. The van der Waals surface area contributed by atoms with Crippen LogP contribution in [0.5, 0.6) is 5.75 Å². The third-order valence-electron chi connectivity index (χ3n) is 6.63. The van der Waals surface area contributed by atoms with Crippen molar-refractivity contribution in [1.29, 1.82) is 0 Å². The first-order valence-corrected chi connectivity index (χ1v) is 12.2. The quantitative estimate of drug-likeness (QED) is 0.191. The molecule has 2 unspecified atom stereocenters. The van der Waals surface area contributed by atoms with E-state index >= 15 is 0 Å². The molecule has 3 aliphatic heterocycles. The summed E-state index contributed by atoms with van der Waals surface area (Å²) in [7, 11) is 1.52. The minimum atomic E-state index is -1.64. The van der Waals surface area contributed by atoms with E-state index in [2.05, 4.69) is 0 Å². The third-order valence-corrected chi connectivity index (χ3v) is 8.21. The van der Waals surface area contributed by atoms with Crippen LogP contribution in [0.3, 0.4) is 0 Å². The Morgan fingerprint density at radius 1 is 1.19 bits per heavy atom. The van der Waals surface area contributed by atoms with Crippen LogP contribution in [0, 0.1) is 10.1 Å². The number of methoxy groups -OCH3 is 1. The van der Waals surface area contributed by atoms with Crippen molar-refractivity contribution >= 4 is 41.1 Å². The summed E-state index contributed by atoms with van der Waals surface area (Å²) in [5.74, 6) is -2.69. The molecular formula is C24H21N3O9S. The van der Waals surface area contributed by atoms with Gasteiger partial charge >= 0.3 is 5.97 Å². The fourth-order valence-electron chi connectivity index (χ4n) is 4.80. The lowest BCUT2D eigenvalue weighted by Gasteiger charge is -2.57. The average Bonchev–Trinajstić information content (AvgIpc) is 3.12.